The first-order valence-electron chi connectivity index (χ1n) is 9.68. The third kappa shape index (κ3) is 5.65. The van der Waals surface area contributed by atoms with Gasteiger partial charge in [0.25, 0.3) is 5.91 Å². The molecule has 0 aliphatic heterocycles. The Balaban J connectivity index is 1.58. The highest BCUT2D eigenvalue weighted by molar-refractivity contribution is 7.10. The number of nitrogens with one attached hydrogen (secondary N) is 2. The second-order valence-corrected chi connectivity index (χ2v) is 8.16. The molecule has 0 saturated heterocycles. The number of carbonyl (C=O) groups is 2. The quantitative estimate of drug-likeness (QED) is 0.714. The van der Waals surface area contributed by atoms with Crippen molar-refractivity contribution < 1.29 is 14.9 Å². The molecule has 5 nitrogen and oxygen atoms in total. The van der Waals surface area contributed by atoms with Crippen LogP contribution in [0.25, 0.3) is 0 Å². The minimum atomic E-state index is -0.380. The van der Waals surface area contributed by atoms with Crippen LogP contribution in [0.3, 0.4) is 0 Å². The summed E-state index contributed by atoms with van der Waals surface area (Å²) in [4.78, 5) is 25.9. The van der Waals surface area contributed by atoms with Crippen molar-refractivity contribution in [1.82, 2.24) is 10.6 Å². The number of hydrogen-bond donors (Lipinski definition) is 3. The number of nitrogens with two attached hydrogens (primary N) is 1. The Morgan fingerprint density at radius 3 is 2.48 bits per heavy atom. The third-order valence-corrected chi connectivity index (χ3v) is 6.04. The summed E-state index contributed by atoms with van der Waals surface area (Å²) in [6, 6.07) is 13.7. The van der Waals surface area contributed by atoms with Gasteiger partial charge in [-0.1, -0.05) is 55.7 Å². The van der Waals surface area contributed by atoms with E-state index in [1.54, 1.807) is 11.3 Å². The molecule has 1 aromatic carbocycles. The van der Waals surface area contributed by atoms with Gasteiger partial charge in [-0.2, -0.15) is 0 Å². The largest absolute Gasteiger partial charge is 0.335 e. The summed E-state index contributed by atoms with van der Waals surface area (Å²) in [5.74, 6) is -0.263. The highest BCUT2D eigenvalue weighted by atomic mass is 32.1. The molecule has 2 atom stereocenters. The van der Waals surface area contributed by atoms with Crippen molar-refractivity contribution in [1.29, 1.82) is 0 Å². The molecule has 144 valence electrons. The number of quaternary nitrogens is 1. The van der Waals surface area contributed by atoms with Crippen molar-refractivity contribution in [2.45, 2.75) is 57.2 Å². The molecule has 0 bridgehead atoms. The molecule has 0 spiro atoms. The molecule has 2 aromatic rings. The van der Waals surface area contributed by atoms with E-state index < -0.39 is 0 Å². The molecule has 1 heterocycles. The molecule has 0 radical (unpaired) electrons. The van der Waals surface area contributed by atoms with Crippen LogP contribution in [0.2, 0.25) is 0 Å². The van der Waals surface area contributed by atoms with E-state index in [2.05, 4.69) is 28.8 Å². The molecule has 1 aliphatic carbocycles. The third-order valence-electron chi connectivity index (χ3n) is 5.08. The number of carbonyl (C=O) groups excluding carboxylic acids is 2. The van der Waals surface area contributed by atoms with Crippen LogP contribution < -0.4 is 16.0 Å². The standard InChI is InChI=1S/C21H27N3O2S/c1-15(20(25)24-21(26)23-17-11-6-3-7-12-17)22-19(18-13-8-14-27-18)16-9-4-2-5-10-16/h2,4-5,8-10,13-15,17,19,22H,3,6-7,11-12H2,1H3,(H2,23,24,25,26)/p+1/t15-,19+/m1/s1. The second kappa shape index (κ2) is 9.67. The topological polar surface area (TPSA) is 74.8 Å². The zero-order chi connectivity index (χ0) is 19.1. The van der Waals surface area contributed by atoms with Gasteiger partial charge in [-0.15, -0.1) is 11.3 Å². The van der Waals surface area contributed by atoms with Gasteiger partial charge in [0.05, 0.1) is 4.88 Å². The number of benzene rings is 1. The summed E-state index contributed by atoms with van der Waals surface area (Å²) < 4.78 is 0. The number of imide groups is 1. The Labute approximate surface area is 164 Å². The maximum Gasteiger partial charge on any atom is 0.321 e. The summed E-state index contributed by atoms with van der Waals surface area (Å²) >= 11 is 1.67. The predicted octanol–water partition coefficient (Wildman–Crippen LogP) is 2.95. The first kappa shape index (κ1) is 19.6. The van der Waals surface area contributed by atoms with Gasteiger partial charge in [-0.05, 0) is 31.2 Å². The summed E-state index contributed by atoms with van der Waals surface area (Å²) in [6.45, 7) is 1.84. The smallest absolute Gasteiger partial charge is 0.321 e. The fraction of sp³-hybridized carbons (Fsp3) is 0.429. The van der Waals surface area contributed by atoms with Crippen molar-refractivity contribution in [3.05, 3.63) is 58.3 Å². The van der Waals surface area contributed by atoms with Gasteiger partial charge in [0.1, 0.15) is 6.04 Å². The lowest BCUT2D eigenvalue weighted by Gasteiger charge is -2.23. The van der Waals surface area contributed by atoms with E-state index in [1.807, 2.05) is 41.9 Å². The minimum Gasteiger partial charge on any atom is -0.335 e. The molecule has 1 fully saturated rings. The lowest BCUT2D eigenvalue weighted by atomic mass is 9.96. The molecule has 6 heteroatoms. The Hall–Kier alpha value is -2.18. The van der Waals surface area contributed by atoms with E-state index in [0.29, 0.717) is 0 Å². The Kier molecular flexibility index (Phi) is 7.01. The first-order chi connectivity index (χ1) is 13.1. The second-order valence-electron chi connectivity index (χ2n) is 7.18. The van der Waals surface area contributed by atoms with Crippen molar-refractivity contribution in [3.63, 3.8) is 0 Å². The highest BCUT2D eigenvalue weighted by Crippen LogP contribution is 2.22. The summed E-state index contributed by atoms with van der Waals surface area (Å²) in [7, 11) is 0. The summed E-state index contributed by atoms with van der Waals surface area (Å²) in [6.07, 6.45) is 5.51. The van der Waals surface area contributed by atoms with Gasteiger partial charge in [0, 0.05) is 11.6 Å². The molecule has 1 aromatic heterocycles. The van der Waals surface area contributed by atoms with Gasteiger partial charge in [0.2, 0.25) is 0 Å². The van der Waals surface area contributed by atoms with E-state index >= 15 is 0 Å². The van der Waals surface area contributed by atoms with Crippen LogP contribution in [0.4, 0.5) is 4.79 Å². The van der Waals surface area contributed by atoms with E-state index in [4.69, 9.17) is 0 Å². The molecule has 27 heavy (non-hydrogen) atoms. The minimum absolute atomic E-state index is 0.0355. The van der Waals surface area contributed by atoms with Gasteiger partial charge >= 0.3 is 6.03 Å². The van der Waals surface area contributed by atoms with Crippen molar-refractivity contribution in [2.24, 2.45) is 0 Å². The number of urea groups is 1. The van der Waals surface area contributed by atoms with Crippen LogP contribution in [-0.2, 0) is 4.79 Å². The molecule has 1 aliphatic rings. The number of thiophene rings is 1. The van der Waals surface area contributed by atoms with Crippen molar-refractivity contribution >= 4 is 23.3 Å². The fourth-order valence-electron chi connectivity index (χ4n) is 3.57. The van der Waals surface area contributed by atoms with Crippen LogP contribution in [0.1, 0.15) is 55.5 Å². The lowest BCUT2D eigenvalue weighted by molar-refractivity contribution is -0.704. The fourth-order valence-corrected chi connectivity index (χ4v) is 4.40. The van der Waals surface area contributed by atoms with Gasteiger partial charge in [-0.25, -0.2) is 4.79 Å². The van der Waals surface area contributed by atoms with Crippen LogP contribution in [0, 0.1) is 0 Å². The molecule has 1 saturated carbocycles. The number of rotatable bonds is 6. The summed E-state index contributed by atoms with van der Waals surface area (Å²) in [5.41, 5.74) is 1.14. The molecule has 3 amide bonds. The van der Waals surface area contributed by atoms with Gasteiger partial charge < -0.3 is 10.6 Å². The first-order valence-corrected chi connectivity index (χ1v) is 10.6. The maximum atomic E-state index is 12.5. The molecular weight excluding hydrogens is 358 g/mol. The molecule has 0 unspecified atom stereocenters. The highest BCUT2D eigenvalue weighted by Gasteiger charge is 2.27. The molecular formula is C21H28N3O2S+. The van der Waals surface area contributed by atoms with Crippen LogP contribution in [-0.4, -0.2) is 24.0 Å². The van der Waals surface area contributed by atoms with E-state index in [9.17, 15) is 9.59 Å². The van der Waals surface area contributed by atoms with E-state index in [1.165, 1.54) is 11.3 Å². The monoisotopic (exact) mass is 386 g/mol. The van der Waals surface area contributed by atoms with Gasteiger partial charge in [-0.3, -0.25) is 10.1 Å². The molecule has 3 rings (SSSR count). The Morgan fingerprint density at radius 1 is 1.07 bits per heavy atom. The van der Waals surface area contributed by atoms with Crippen molar-refractivity contribution in [3.8, 4) is 0 Å². The number of amides is 3. The Morgan fingerprint density at radius 2 is 1.81 bits per heavy atom. The van der Waals surface area contributed by atoms with E-state index in [0.717, 1.165) is 31.2 Å². The maximum absolute atomic E-state index is 12.5. The molecule has 4 N–H and O–H groups in total. The Bertz CT molecular complexity index is 727. The summed E-state index contributed by atoms with van der Waals surface area (Å²) in [5, 5.41) is 9.51. The average Bonchev–Trinajstić information content (AvgIpc) is 3.21. The normalized spacial score (nSPS) is 17.1. The SMILES string of the molecule is C[C@@H]([NH2+][C@@H](c1ccccc1)c1cccs1)C(=O)NC(=O)NC1CCCCC1. The number of hydrogen-bond acceptors (Lipinski definition) is 3. The van der Waals surface area contributed by atoms with Crippen molar-refractivity contribution in [2.75, 3.05) is 0 Å². The average molecular weight is 387 g/mol. The van der Waals surface area contributed by atoms with Crippen LogP contribution >= 0.6 is 11.3 Å². The zero-order valence-electron chi connectivity index (χ0n) is 15.7. The predicted molar refractivity (Wildman–Crippen MR) is 108 cm³/mol. The van der Waals surface area contributed by atoms with Crippen LogP contribution in [0.15, 0.2) is 47.8 Å². The van der Waals surface area contributed by atoms with Gasteiger partial charge in [0.15, 0.2) is 6.04 Å². The lowest BCUT2D eigenvalue weighted by Crippen LogP contribution is -2.92. The zero-order valence-corrected chi connectivity index (χ0v) is 16.5. The van der Waals surface area contributed by atoms with Crippen LogP contribution in [0.5, 0.6) is 0 Å². The van der Waals surface area contributed by atoms with E-state index in [-0.39, 0.29) is 30.1 Å².